The highest BCUT2D eigenvalue weighted by Crippen LogP contribution is 2.32. The molecule has 1 heterocycles. The maximum Gasteiger partial charge on any atom is 0.162 e. The van der Waals surface area contributed by atoms with Gasteiger partial charge in [0.25, 0.3) is 0 Å². The van der Waals surface area contributed by atoms with Crippen LogP contribution >= 0.6 is 0 Å². The van der Waals surface area contributed by atoms with Crippen LogP contribution in [0.2, 0.25) is 0 Å². The van der Waals surface area contributed by atoms with Crippen molar-refractivity contribution in [3.05, 3.63) is 23.8 Å². The number of hydrogen-bond donors (Lipinski definition) is 0. The maximum absolute atomic E-state index is 10.8. The summed E-state index contributed by atoms with van der Waals surface area (Å²) >= 11 is 0. The Balaban J connectivity index is 2.00. The molecule has 4 nitrogen and oxygen atoms in total. The molecule has 0 radical (unpaired) electrons. The Kier molecular flexibility index (Phi) is 4.10. The van der Waals surface area contributed by atoms with Gasteiger partial charge in [-0.15, -0.1) is 0 Å². The summed E-state index contributed by atoms with van der Waals surface area (Å²) in [5, 5.41) is 0. The van der Waals surface area contributed by atoms with Crippen molar-refractivity contribution in [3.63, 3.8) is 0 Å². The fraction of sp³-hybridized carbons (Fsp3) is 0.533. The van der Waals surface area contributed by atoms with Gasteiger partial charge < -0.3 is 14.2 Å². The zero-order valence-electron chi connectivity index (χ0n) is 11.6. The third-order valence-corrected chi connectivity index (χ3v) is 3.30. The molecule has 19 heavy (non-hydrogen) atoms. The molecule has 4 heteroatoms. The van der Waals surface area contributed by atoms with Gasteiger partial charge in [-0.25, -0.2) is 0 Å². The predicted molar refractivity (Wildman–Crippen MR) is 72.1 cm³/mol. The Hall–Kier alpha value is -1.55. The summed E-state index contributed by atoms with van der Waals surface area (Å²) in [6, 6.07) is 5.12. The minimum Gasteiger partial charge on any atom is -0.493 e. The third kappa shape index (κ3) is 3.47. The number of aldehydes is 1. The van der Waals surface area contributed by atoms with E-state index in [0.29, 0.717) is 23.7 Å². The number of rotatable bonds is 5. The highest BCUT2D eigenvalue weighted by atomic mass is 16.6. The lowest BCUT2D eigenvalue weighted by Gasteiger charge is -2.20. The van der Waals surface area contributed by atoms with Gasteiger partial charge in [0.05, 0.1) is 18.8 Å². The largest absolute Gasteiger partial charge is 0.493 e. The minimum atomic E-state index is -0.0667. The second-order valence-electron chi connectivity index (χ2n) is 5.38. The predicted octanol–water partition coefficient (Wildman–Crippen LogP) is 2.84. The number of hydrogen-bond acceptors (Lipinski definition) is 4. The van der Waals surface area contributed by atoms with Crippen LogP contribution < -0.4 is 9.47 Å². The van der Waals surface area contributed by atoms with E-state index in [0.717, 1.165) is 19.1 Å². The summed E-state index contributed by atoms with van der Waals surface area (Å²) in [6.07, 6.45) is 2.91. The molecule has 0 saturated carbocycles. The molecular weight excluding hydrogens is 244 g/mol. The molecule has 1 aliphatic heterocycles. The van der Waals surface area contributed by atoms with Crippen LogP contribution in [0.3, 0.4) is 0 Å². The summed E-state index contributed by atoms with van der Waals surface area (Å²) < 4.78 is 16.8. The van der Waals surface area contributed by atoms with E-state index in [-0.39, 0.29) is 11.7 Å². The van der Waals surface area contributed by atoms with Crippen molar-refractivity contribution in [1.82, 2.24) is 0 Å². The molecule has 0 aromatic heterocycles. The van der Waals surface area contributed by atoms with E-state index >= 15 is 0 Å². The molecule has 0 amide bonds. The second kappa shape index (κ2) is 5.61. The van der Waals surface area contributed by atoms with Crippen molar-refractivity contribution in [2.24, 2.45) is 0 Å². The lowest BCUT2D eigenvalue weighted by molar-refractivity contribution is -0.0329. The first kappa shape index (κ1) is 13.9. The van der Waals surface area contributed by atoms with Crippen molar-refractivity contribution in [2.75, 3.05) is 13.7 Å². The van der Waals surface area contributed by atoms with E-state index in [2.05, 4.69) is 13.8 Å². The summed E-state index contributed by atoms with van der Waals surface area (Å²) in [5.41, 5.74) is 0.506. The molecule has 104 valence electrons. The molecule has 1 saturated heterocycles. The summed E-state index contributed by atoms with van der Waals surface area (Å²) in [7, 11) is 1.58. The van der Waals surface area contributed by atoms with Gasteiger partial charge in [-0.2, -0.15) is 0 Å². The van der Waals surface area contributed by atoms with Gasteiger partial charge in [0.2, 0.25) is 0 Å². The van der Waals surface area contributed by atoms with Crippen LogP contribution in [0.15, 0.2) is 18.2 Å². The minimum absolute atomic E-state index is 0.0667. The third-order valence-electron chi connectivity index (χ3n) is 3.30. The first-order valence-electron chi connectivity index (χ1n) is 6.48. The molecule has 0 spiro atoms. The zero-order valence-corrected chi connectivity index (χ0v) is 11.6. The Morgan fingerprint density at radius 3 is 2.79 bits per heavy atom. The van der Waals surface area contributed by atoms with Crippen LogP contribution in [0.25, 0.3) is 0 Å². The topological polar surface area (TPSA) is 44.8 Å². The molecule has 1 unspecified atom stereocenters. The van der Waals surface area contributed by atoms with Crippen molar-refractivity contribution in [1.29, 1.82) is 0 Å². The standard InChI is InChI=1S/C15H20O4/c1-15(2)7-6-12(19-15)10-18-14-8-11(9-16)4-5-13(14)17-3/h4-5,8-9,12H,6-7,10H2,1-3H3. The zero-order chi connectivity index (χ0) is 13.9. The molecule has 1 atom stereocenters. The SMILES string of the molecule is COc1ccc(C=O)cc1OCC1CCC(C)(C)O1. The first-order chi connectivity index (χ1) is 9.04. The van der Waals surface area contributed by atoms with Crippen LogP contribution in [0.4, 0.5) is 0 Å². The van der Waals surface area contributed by atoms with E-state index < -0.39 is 0 Å². The first-order valence-corrected chi connectivity index (χ1v) is 6.48. The average molecular weight is 264 g/mol. The van der Waals surface area contributed by atoms with E-state index in [1.165, 1.54) is 0 Å². The summed E-state index contributed by atoms with van der Waals surface area (Å²) in [6.45, 7) is 4.64. The molecule has 1 aromatic rings. The van der Waals surface area contributed by atoms with Crippen LogP contribution in [-0.2, 0) is 4.74 Å². The fourth-order valence-corrected chi connectivity index (χ4v) is 2.26. The molecule has 1 aliphatic rings. The van der Waals surface area contributed by atoms with Gasteiger partial charge >= 0.3 is 0 Å². The van der Waals surface area contributed by atoms with Gasteiger partial charge in [0.1, 0.15) is 12.9 Å². The normalized spacial score (nSPS) is 21.1. The highest BCUT2D eigenvalue weighted by Gasteiger charge is 2.32. The van der Waals surface area contributed by atoms with E-state index in [9.17, 15) is 4.79 Å². The van der Waals surface area contributed by atoms with Crippen LogP contribution in [0.5, 0.6) is 11.5 Å². The Morgan fingerprint density at radius 1 is 1.42 bits per heavy atom. The van der Waals surface area contributed by atoms with Gasteiger partial charge in [-0.05, 0) is 44.9 Å². The molecule has 1 aromatic carbocycles. The molecule has 1 fully saturated rings. The van der Waals surface area contributed by atoms with Crippen molar-refractivity contribution < 1.29 is 19.0 Å². The van der Waals surface area contributed by atoms with E-state index in [4.69, 9.17) is 14.2 Å². The van der Waals surface area contributed by atoms with E-state index in [1.54, 1.807) is 25.3 Å². The molecule has 0 N–H and O–H groups in total. The van der Waals surface area contributed by atoms with Crippen LogP contribution in [0.1, 0.15) is 37.0 Å². The molecule has 0 aliphatic carbocycles. The lowest BCUT2D eigenvalue weighted by atomic mass is 10.1. The summed E-state index contributed by atoms with van der Waals surface area (Å²) in [5.74, 6) is 1.21. The number of carbonyl (C=O) groups excluding carboxylic acids is 1. The maximum atomic E-state index is 10.8. The monoisotopic (exact) mass is 264 g/mol. The number of ether oxygens (including phenoxy) is 3. The van der Waals surface area contributed by atoms with Gasteiger partial charge in [-0.1, -0.05) is 0 Å². The van der Waals surface area contributed by atoms with Gasteiger partial charge in [-0.3, -0.25) is 4.79 Å². The number of methoxy groups -OCH3 is 1. The smallest absolute Gasteiger partial charge is 0.162 e. The second-order valence-corrected chi connectivity index (χ2v) is 5.38. The number of benzene rings is 1. The fourth-order valence-electron chi connectivity index (χ4n) is 2.26. The average Bonchev–Trinajstić information content (AvgIpc) is 2.75. The molecule has 0 bridgehead atoms. The summed E-state index contributed by atoms with van der Waals surface area (Å²) in [4.78, 5) is 10.8. The van der Waals surface area contributed by atoms with Gasteiger partial charge in [0.15, 0.2) is 11.5 Å². The Morgan fingerprint density at radius 2 is 2.21 bits per heavy atom. The quantitative estimate of drug-likeness (QED) is 0.767. The number of carbonyl (C=O) groups is 1. The van der Waals surface area contributed by atoms with Crippen molar-refractivity contribution in [3.8, 4) is 11.5 Å². The van der Waals surface area contributed by atoms with Crippen LogP contribution in [0, 0.1) is 0 Å². The van der Waals surface area contributed by atoms with Crippen molar-refractivity contribution >= 4 is 6.29 Å². The lowest BCUT2D eigenvalue weighted by Crippen LogP contribution is -2.24. The van der Waals surface area contributed by atoms with Gasteiger partial charge in [0, 0.05) is 5.56 Å². The Labute approximate surface area is 113 Å². The Bertz CT molecular complexity index is 453. The molecular formula is C15H20O4. The van der Waals surface area contributed by atoms with E-state index in [1.807, 2.05) is 0 Å². The van der Waals surface area contributed by atoms with Crippen molar-refractivity contribution in [2.45, 2.75) is 38.4 Å². The molecule has 2 rings (SSSR count). The highest BCUT2D eigenvalue weighted by molar-refractivity contribution is 5.76. The van der Waals surface area contributed by atoms with Crippen LogP contribution in [-0.4, -0.2) is 31.7 Å².